The van der Waals surface area contributed by atoms with Gasteiger partial charge in [-0.3, -0.25) is 0 Å². The van der Waals surface area contributed by atoms with Crippen LogP contribution in [0.3, 0.4) is 0 Å². The first-order valence-electron chi connectivity index (χ1n) is 6.70. The Balaban J connectivity index is 2.11. The molecule has 2 nitrogen and oxygen atoms in total. The van der Waals surface area contributed by atoms with Gasteiger partial charge in [0.2, 0.25) is 0 Å². The number of halogens is 2. The summed E-state index contributed by atoms with van der Waals surface area (Å²) < 4.78 is 27.0. The van der Waals surface area contributed by atoms with Crippen LogP contribution < -0.4 is 5.32 Å². The van der Waals surface area contributed by atoms with Gasteiger partial charge in [-0.1, -0.05) is 31.2 Å². The molecule has 3 aromatic rings. The zero-order valence-corrected chi connectivity index (χ0v) is 11.5. The van der Waals surface area contributed by atoms with Crippen LogP contribution in [0.25, 0.3) is 10.8 Å². The van der Waals surface area contributed by atoms with E-state index < -0.39 is 11.6 Å². The van der Waals surface area contributed by atoms with E-state index in [0.29, 0.717) is 5.82 Å². The summed E-state index contributed by atoms with van der Waals surface area (Å²) in [6.45, 7) is 2.06. The predicted octanol–water partition coefficient (Wildman–Crippen LogP) is 4.62. The number of pyridine rings is 1. The van der Waals surface area contributed by atoms with E-state index in [2.05, 4.69) is 23.3 Å². The van der Waals surface area contributed by atoms with Gasteiger partial charge in [0.15, 0.2) is 11.6 Å². The highest BCUT2D eigenvalue weighted by molar-refractivity contribution is 5.94. The molecule has 3 rings (SSSR count). The first-order valence-corrected chi connectivity index (χ1v) is 6.70. The maximum absolute atomic E-state index is 13.8. The molecule has 1 heterocycles. The number of nitrogens with zero attached hydrogens (tertiary/aromatic N) is 1. The number of aromatic nitrogens is 1. The van der Waals surface area contributed by atoms with Gasteiger partial charge in [-0.25, -0.2) is 13.8 Å². The highest BCUT2D eigenvalue weighted by Crippen LogP contribution is 2.28. The zero-order valence-electron chi connectivity index (χ0n) is 11.5. The smallest absolute Gasteiger partial charge is 0.182 e. The Hall–Kier alpha value is -2.49. The Bertz CT molecular complexity index is 800. The Labute approximate surface area is 121 Å². The Morgan fingerprint density at radius 3 is 2.76 bits per heavy atom. The first-order chi connectivity index (χ1) is 10.2. The van der Waals surface area contributed by atoms with E-state index >= 15 is 0 Å². The summed E-state index contributed by atoms with van der Waals surface area (Å²) >= 11 is 0. The molecule has 0 saturated heterocycles. The van der Waals surface area contributed by atoms with Gasteiger partial charge in [-0.2, -0.15) is 0 Å². The van der Waals surface area contributed by atoms with Crippen molar-refractivity contribution in [2.24, 2.45) is 0 Å². The van der Waals surface area contributed by atoms with Crippen molar-refractivity contribution in [3.05, 3.63) is 65.9 Å². The van der Waals surface area contributed by atoms with Gasteiger partial charge >= 0.3 is 0 Å². The topological polar surface area (TPSA) is 24.9 Å². The molecule has 0 saturated carbocycles. The highest BCUT2D eigenvalue weighted by Gasteiger charge is 2.10. The third-order valence-corrected chi connectivity index (χ3v) is 3.39. The average molecular weight is 283 g/mol. The van der Waals surface area contributed by atoms with Crippen LogP contribution in [0.1, 0.15) is 12.5 Å². The van der Waals surface area contributed by atoms with Gasteiger partial charge < -0.3 is 5.32 Å². The molecule has 0 aliphatic heterocycles. The van der Waals surface area contributed by atoms with E-state index in [4.69, 9.17) is 0 Å². The number of rotatable bonds is 3. The van der Waals surface area contributed by atoms with Crippen molar-refractivity contribution in [3.63, 3.8) is 0 Å². The fourth-order valence-electron chi connectivity index (χ4n) is 2.32. The molecule has 0 fully saturated rings. The van der Waals surface area contributed by atoms with E-state index in [9.17, 15) is 8.78 Å². The van der Waals surface area contributed by atoms with Crippen LogP contribution in [0.5, 0.6) is 0 Å². The maximum atomic E-state index is 13.8. The summed E-state index contributed by atoms with van der Waals surface area (Å²) in [6, 6.07) is 12.9. The fraction of sp³-hybridized carbons (Fsp3) is 0.118. The highest BCUT2D eigenvalue weighted by atomic mass is 19.2. The Kier molecular flexibility index (Phi) is 3.52. The summed E-state index contributed by atoms with van der Waals surface area (Å²) in [4.78, 5) is 4.19. The molecule has 0 atom stereocenters. The molecule has 4 heteroatoms. The molecular weight excluding hydrogens is 270 g/mol. The maximum Gasteiger partial charge on any atom is 0.182 e. The molecule has 0 spiro atoms. The molecule has 0 aliphatic carbocycles. The van der Waals surface area contributed by atoms with Crippen molar-refractivity contribution in [1.82, 2.24) is 4.98 Å². The largest absolute Gasteiger partial charge is 0.337 e. The summed E-state index contributed by atoms with van der Waals surface area (Å²) in [5.74, 6) is -1.31. The van der Waals surface area contributed by atoms with Crippen molar-refractivity contribution in [2.45, 2.75) is 13.3 Å². The standard InChI is InChI=1S/C17H13F2N2/c1-2-11-5-3-6-13-12(11)9-10-20-17(13)21-15-8-4-7-14(18)16(15)19/h3-8,10H,2H2,1H3,(H,20,21). The van der Waals surface area contributed by atoms with Gasteiger partial charge in [0.25, 0.3) is 0 Å². The lowest BCUT2D eigenvalue weighted by Gasteiger charge is -2.11. The van der Waals surface area contributed by atoms with Crippen LogP contribution in [0.4, 0.5) is 20.3 Å². The number of fused-ring (bicyclic) bond motifs is 1. The summed E-state index contributed by atoms with van der Waals surface area (Å²) in [5.41, 5.74) is 1.20. The fourth-order valence-corrected chi connectivity index (χ4v) is 2.32. The van der Waals surface area contributed by atoms with Crippen molar-refractivity contribution in [2.75, 3.05) is 5.32 Å². The van der Waals surface area contributed by atoms with Gasteiger partial charge in [0.05, 0.1) is 5.69 Å². The Morgan fingerprint density at radius 1 is 1.14 bits per heavy atom. The molecule has 0 aliphatic rings. The van der Waals surface area contributed by atoms with E-state index in [1.54, 1.807) is 6.20 Å². The minimum Gasteiger partial charge on any atom is -0.337 e. The minimum absolute atomic E-state index is 0.0666. The van der Waals surface area contributed by atoms with Crippen LogP contribution in [-0.4, -0.2) is 4.98 Å². The number of hydrogen-bond acceptors (Lipinski definition) is 2. The number of hydrogen-bond donors (Lipinski definition) is 1. The molecule has 0 bridgehead atoms. The molecule has 1 N–H and O–H groups in total. The second kappa shape index (κ2) is 5.48. The number of nitrogens with one attached hydrogen (secondary N) is 1. The van der Waals surface area contributed by atoms with Crippen LogP contribution >= 0.6 is 0 Å². The van der Waals surface area contributed by atoms with E-state index in [0.717, 1.165) is 28.8 Å². The third-order valence-electron chi connectivity index (χ3n) is 3.39. The van der Waals surface area contributed by atoms with Gasteiger partial charge in [-0.05, 0) is 29.5 Å². The normalized spacial score (nSPS) is 10.8. The van der Waals surface area contributed by atoms with E-state index in [1.807, 2.05) is 18.2 Å². The Morgan fingerprint density at radius 2 is 1.95 bits per heavy atom. The summed E-state index contributed by atoms with van der Waals surface area (Å²) in [7, 11) is 0. The second-order valence-corrected chi connectivity index (χ2v) is 4.67. The molecule has 21 heavy (non-hydrogen) atoms. The molecular formula is C17H13F2N2. The van der Waals surface area contributed by atoms with Gasteiger partial charge in [-0.15, -0.1) is 0 Å². The average Bonchev–Trinajstić information content (AvgIpc) is 2.51. The van der Waals surface area contributed by atoms with E-state index in [-0.39, 0.29) is 5.69 Å². The summed E-state index contributed by atoms with van der Waals surface area (Å²) in [6.07, 6.45) is 2.41. The molecule has 105 valence electrons. The van der Waals surface area contributed by atoms with Crippen LogP contribution in [0.2, 0.25) is 0 Å². The van der Waals surface area contributed by atoms with Crippen molar-refractivity contribution in [3.8, 4) is 0 Å². The molecule has 1 radical (unpaired) electrons. The quantitative estimate of drug-likeness (QED) is 0.758. The first kappa shape index (κ1) is 13.5. The molecule has 2 aromatic carbocycles. The summed E-state index contributed by atoms with van der Waals surface area (Å²) in [5, 5.41) is 4.63. The van der Waals surface area contributed by atoms with Gasteiger partial charge in [0, 0.05) is 17.6 Å². The monoisotopic (exact) mass is 283 g/mol. The van der Waals surface area contributed by atoms with Crippen LogP contribution in [-0.2, 0) is 6.42 Å². The zero-order chi connectivity index (χ0) is 14.8. The van der Waals surface area contributed by atoms with Gasteiger partial charge in [0.1, 0.15) is 5.82 Å². The van der Waals surface area contributed by atoms with E-state index in [1.165, 1.54) is 12.1 Å². The number of anilines is 2. The second-order valence-electron chi connectivity index (χ2n) is 4.67. The number of benzene rings is 2. The van der Waals surface area contributed by atoms with Crippen molar-refractivity contribution >= 4 is 22.3 Å². The van der Waals surface area contributed by atoms with Crippen LogP contribution in [0, 0.1) is 17.7 Å². The molecule has 0 unspecified atom stereocenters. The number of aryl methyl sites for hydroxylation is 1. The SMILES string of the molecule is CCc1cccc2c(Nc3cccc(F)c3F)nc[c]c12. The van der Waals surface area contributed by atoms with Crippen LogP contribution in [0.15, 0.2) is 42.6 Å². The third kappa shape index (κ3) is 2.44. The molecule has 1 aromatic heterocycles. The lowest BCUT2D eigenvalue weighted by Crippen LogP contribution is -1.99. The van der Waals surface area contributed by atoms with Crippen molar-refractivity contribution in [1.29, 1.82) is 0 Å². The predicted molar refractivity (Wildman–Crippen MR) is 79.6 cm³/mol. The lowest BCUT2D eigenvalue weighted by molar-refractivity contribution is 0.512. The van der Waals surface area contributed by atoms with Crippen molar-refractivity contribution < 1.29 is 8.78 Å². The lowest BCUT2D eigenvalue weighted by atomic mass is 10.0. The minimum atomic E-state index is -0.910. The molecule has 0 amide bonds.